The summed E-state index contributed by atoms with van der Waals surface area (Å²) in [6.07, 6.45) is 6.36. The maximum atomic E-state index is 13.6. The van der Waals surface area contributed by atoms with Crippen molar-refractivity contribution in [2.75, 3.05) is 18.5 Å². The van der Waals surface area contributed by atoms with E-state index in [-0.39, 0.29) is 22.2 Å². The minimum absolute atomic E-state index is 0.0153. The number of sulfonamides is 1. The van der Waals surface area contributed by atoms with Gasteiger partial charge in [-0.25, -0.2) is 8.42 Å². The Bertz CT molecular complexity index is 1050. The summed E-state index contributed by atoms with van der Waals surface area (Å²) in [6, 6.07) is 13.0. The molecule has 6 rings (SSSR count). The van der Waals surface area contributed by atoms with Gasteiger partial charge >= 0.3 is 0 Å². The summed E-state index contributed by atoms with van der Waals surface area (Å²) in [5.41, 5.74) is 2.44. The molecule has 0 aromatic heterocycles. The summed E-state index contributed by atoms with van der Waals surface area (Å²) < 4.78 is 28.7. The average molecular weight is 427 g/mol. The quantitative estimate of drug-likeness (QED) is 0.758. The van der Waals surface area contributed by atoms with Crippen LogP contribution in [0.5, 0.6) is 5.75 Å². The zero-order valence-electron chi connectivity index (χ0n) is 17.7. The third kappa shape index (κ3) is 2.88. The molecule has 1 aliphatic heterocycles. The van der Waals surface area contributed by atoms with Crippen molar-refractivity contribution in [2.45, 2.75) is 61.9 Å². The van der Waals surface area contributed by atoms with E-state index in [9.17, 15) is 13.5 Å². The molecule has 5 nitrogen and oxygen atoms in total. The molecule has 3 fully saturated rings. The molecule has 3 saturated carbocycles. The van der Waals surface area contributed by atoms with E-state index in [1.54, 1.807) is 11.4 Å². The third-order valence-electron chi connectivity index (χ3n) is 7.49. The highest BCUT2D eigenvalue weighted by Crippen LogP contribution is 2.62. The molecule has 1 heterocycles. The smallest absolute Gasteiger partial charge is 0.245 e. The van der Waals surface area contributed by atoms with Crippen molar-refractivity contribution in [3.05, 3.63) is 42.5 Å². The van der Waals surface area contributed by atoms with Gasteiger partial charge in [0.25, 0.3) is 0 Å². The van der Waals surface area contributed by atoms with Crippen molar-refractivity contribution in [1.82, 2.24) is 4.31 Å². The molecule has 3 aliphatic carbocycles. The van der Waals surface area contributed by atoms with Gasteiger partial charge < -0.3 is 10.0 Å². The Labute approximate surface area is 179 Å². The number of anilines is 1. The van der Waals surface area contributed by atoms with E-state index in [4.69, 9.17) is 0 Å². The molecular formula is C24H30N2O3S. The summed E-state index contributed by atoms with van der Waals surface area (Å²) in [7, 11) is -1.99. The number of hydrogen-bond acceptors (Lipinski definition) is 4. The molecule has 2 aromatic carbocycles. The number of rotatable bonds is 5. The molecule has 0 saturated heterocycles. The molecule has 4 aliphatic rings. The highest BCUT2D eigenvalue weighted by atomic mass is 32.2. The van der Waals surface area contributed by atoms with Crippen LogP contribution in [0.3, 0.4) is 0 Å². The lowest BCUT2D eigenvalue weighted by molar-refractivity contribution is -0.0270. The van der Waals surface area contributed by atoms with Gasteiger partial charge in [0.1, 0.15) is 10.6 Å². The van der Waals surface area contributed by atoms with Crippen LogP contribution >= 0.6 is 0 Å². The first-order chi connectivity index (χ1) is 14.4. The first-order valence-electron chi connectivity index (χ1n) is 11.0. The summed E-state index contributed by atoms with van der Waals surface area (Å²) in [6.45, 7) is 2.86. The maximum absolute atomic E-state index is 13.6. The zero-order chi connectivity index (χ0) is 21.1. The number of aromatic hydroxyl groups is 1. The van der Waals surface area contributed by atoms with Gasteiger partial charge in [-0.2, -0.15) is 4.31 Å². The van der Waals surface area contributed by atoms with Gasteiger partial charge in [-0.05, 0) is 43.2 Å². The van der Waals surface area contributed by atoms with Crippen LogP contribution in [0.2, 0.25) is 0 Å². The van der Waals surface area contributed by atoms with Crippen LogP contribution in [0.15, 0.2) is 47.4 Å². The number of phenolic OH excluding ortho intramolecular Hbond substituents is 1. The van der Waals surface area contributed by atoms with Gasteiger partial charge in [-0.3, -0.25) is 0 Å². The number of phenols is 1. The molecular weight excluding hydrogens is 396 g/mol. The van der Waals surface area contributed by atoms with Crippen molar-refractivity contribution in [1.29, 1.82) is 0 Å². The fourth-order valence-corrected chi connectivity index (χ4v) is 7.09. The van der Waals surface area contributed by atoms with Crippen molar-refractivity contribution in [3.8, 4) is 16.9 Å². The van der Waals surface area contributed by atoms with Gasteiger partial charge in [-0.1, -0.05) is 50.1 Å². The number of nitrogens with zero attached hydrogens (tertiary/aromatic N) is 2. The Kier molecular flexibility index (Phi) is 4.63. The Hall–Kier alpha value is -2.05. The molecule has 160 valence electrons. The topological polar surface area (TPSA) is 60.9 Å². The second-order valence-corrected chi connectivity index (χ2v) is 11.3. The summed E-state index contributed by atoms with van der Waals surface area (Å²) >= 11 is 0. The van der Waals surface area contributed by atoms with Crippen molar-refractivity contribution in [2.24, 2.45) is 5.92 Å². The van der Waals surface area contributed by atoms with Crippen LogP contribution in [-0.4, -0.2) is 43.0 Å². The van der Waals surface area contributed by atoms with Crippen molar-refractivity contribution in [3.63, 3.8) is 0 Å². The number of hydrogen-bond donors (Lipinski definition) is 1. The largest absolute Gasteiger partial charge is 0.507 e. The Morgan fingerprint density at radius 2 is 1.83 bits per heavy atom. The molecule has 6 heteroatoms. The Morgan fingerprint density at radius 1 is 1.13 bits per heavy atom. The van der Waals surface area contributed by atoms with Gasteiger partial charge in [-0.15, -0.1) is 0 Å². The molecule has 30 heavy (non-hydrogen) atoms. The Morgan fingerprint density at radius 3 is 2.43 bits per heavy atom. The fourth-order valence-electron chi connectivity index (χ4n) is 5.52. The SMILES string of the molecule is CCCC[C@@H]1CN(C23CC(C2)C3)c2cc(-c3ccccc3)c(O)cc2S(=O)(=O)N1C. The van der Waals surface area contributed by atoms with E-state index < -0.39 is 10.0 Å². The monoisotopic (exact) mass is 426 g/mol. The van der Waals surface area contributed by atoms with Crippen LogP contribution < -0.4 is 4.90 Å². The van der Waals surface area contributed by atoms with Crippen LogP contribution in [0.25, 0.3) is 11.1 Å². The fraction of sp³-hybridized carbons (Fsp3) is 0.500. The second-order valence-electron chi connectivity index (χ2n) is 9.33. The number of likely N-dealkylation sites (N-methyl/N-ethyl adjacent to an activating group) is 1. The minimum Gasteiger partial charge on any atom is -0.507 e. The minimum atomic E-state index is -3.69. The number of fused-ring (bicyclic) bond motifs is 1. The molecule has 1 atom stereocenters. The normalized spacial score (nSPS) is 29.5. The molecule has 0 spiro atoms. The van der Waals surface area contributed by atoms with Crippen molar-refractivity contribution < 1.29 is 13.5 Å². The third-order valence-corrected chi connectivity index (χ3v) is 9.43. The summed E-state index contributed by atoms with van der Waals surface area (Å²) in [5.74, 6) is 0.812. The first-order valence-corrected chi connectivity index (χ1v) is 12.5. The Balaban J connectivity index is 1.68. The number of benzene rings is 2. The lowest BCUT2D eigenvalue weighted by Gasteiger charge is -2.67. The van der Waals surface area contributed by atoms with Crippen LogP contribution in [0.1, 0.15) is 45.4 Å². The zero-order valence-corrected chi connectivity index (χ0v) is 18.5. The molecule has 0 unspecified atom stereocenters. The lowest BCUT2D eigenvalue weighted by Crippen LogP contribution is -2.69. The van der Waals surface area contributed by atoms with E-state index in [1.807, 2.05) is 36.4 Å². The standard InChI is InChI=1S/C24H30N2O3S/c1-3-4-10-19-16-26(24-13-17(14-24)15-24)21-11-20(18-8-6-5-7-9-18)22(27)12-23(21)30(28,29)25(19)2/h5-9,11-12,17,19,27H,3-4,10,13-16H2,1-2H3/t17?,19-,24?/m1/s1. The van der Waals surface area contributed by atoms with Crippen molar-refractivity contribution >= 4 is 15.7 Å². The van der Waals surface area contributed by atoms with Gasteiger partial charge in [0.2, 0.25) is 10.0 Å². The molecule has 2 bridgehead atoms. The first kappa shape index (κ1) is 19.9. The predicted octanol–water partition coefficient (Wildman–Crippen LogP) is 4.61. The van der Waals surface area contributed by atoms with E-state index >= 15 is 0 Å². The number of unbranched alkanes of at least 4 members (excludes halogenated alkanes) is 1. The van der Waals surface area contributed by atoms with Gasteiger partial charge in [0, 0.05) is 36.8 Å². The van der Waals surface area contributed by atoms with Crippen LogP contribution in [-0.2, 0) is 10.0 Å². The highest BCUT2D eigenvalue weighted by molar-refractivity contribution is 7.89. The maximum Gasteiger partial charge on any atom is 0.245 e. The van der Waals surface area contributed by atoms with Crippen LogP contribution in [0, 0.1) is 5.92 Å². The lowest BCUT2D eigenvalue weighted by atomic mass is 9.49. The molecule has 0 radical (unpaired) electrons. The van der Waals surface area contributed by atoms with Crippen LogP contribution in [0.4, 0.5) is 5.69 Å². The molecule has 2 aromatic rings. The second kappa shape index (κ2) is 6.99. The van der Waals surface area contributed by atoms with E-state index in [0.29, 0.717) is 12.1 Å². The van der Waals surface area contributed by atoms with E-state index in [2.05, 4.69) is 11.8 Å². The van der Waals surface area contributed by atoms with E-state index in [1.165, 1.54) is 6.07 Å². The molecule has 0 amide bonds. The molecule has 1 N–H and O–H groups in total. The highest BCUT2D eigenvalue weighted by Gasteiger charge is 2.61. The van der Waals surface area contributed by atoms with Gasteiger partial charge in [0.05, 0.1) is 5.69 Å². The summed E-state index contributed by atoms with van der Waals surface area (Å²) in [4.78, 5) is 2.63. The average Bonchev–Trinajstić information content (AvgIpc) is 2.74. The summed E-state index contributed by atoms with van der Waals surface area (Å²) in [5, 5.41) is 10.8. The van der Waals surface area contributed by atoms with E-state index in [0.717, 1.165) is 55.7 Å². The predicted molar refractivity (Wildman–Crippen MR) is 119 cm³/mol. The van der Waals surface area contributed by atoms with Gasteiger partial charge in [0.15, 0.2) is 0 Å².